The molecule has 0 aliphatic carbocycles. The van der Waals surface area contributed by atoms with Crippen LogP contribution in [0.5, 0.6) is 0 Å². The van der Waals surface area contributed by atoms with E-state index in [2.05, 4.69) is 15.4 Å². The molecule has 200 valence electrons. The number of nitrogens with two attached hydrogens (primary N) is 1. The first-order valence-electron chi connectivity index (χ1n) is 12.1. The first-order chi connectivity index (χ1) is 18.0. The Morgan fingerprint density at radius 2 is 1.97 bits per heavy atom. The number of urea groups is 1. The molecule has 1 saturated heterocycles. The number of β-lactam (4-membered cyclic amide) rings is 1. The average Bonchev–Trinajstić information content (AvgIpc) is 3.29. The number of nitrogens with one attached hydrogen (secondary N) is 1. The molecule has 3 atom stereocenters. The van der Waals surface area contributed by atoms with Gasteiger partial charge in [-0.25, -0.2) is 18.6 Å². The minimum Gasteiger partial charge on any atom is -0.384 e. The molecule has 0 saturated carbocycles. The van der Waals surface area contributed by atoms with Gasteiger partial charge in [-0.05, 0) is 43.5 Å². The molecule has 4 rings (SSSR count). The maximum Gasteiger partial charge on any atom is 0.325 e. The molecule has 1 aliphatic rings. The van der Waals surface area contributed by atoms with Crippen LogP contribution in [-0.2, 0) is 23.1 Å². The van der Waals surface area contributed by atoms with E-state index < -0.39 is 47.5 Å². The van der Waals surface area contributed by atoms with Gasteiger partial charge in [0, 0.05) is 37.6 Å². The molecule has 38 heavy (non-hydrogen) atoms. The van der Waals surface area contributed by atoms with Crippen molar-refractivity contribution in [2.24, 2.45) is 13.0 Å². The van der Waals surface area contributed by atoms with Crippen LogP contribution in [0.4, 0.5) is 25.1 Å². The van der Waals surface area contributed by atoms with Gasteiger partial charge in [0.25, 0.3) is 5.91 Å². The summed E-state index contributed by atoms with van der Waals surface area (Å²) in [6.07, 6.45) is 3.56. The van der Waals surface area contributed by atoms with E-state index in [1.54, 1.807) is 39.2 Å². The summed E-state index contributed by atoms with van der Waals surface area (Å²) in [4.78, 5) is 46.6. The summed E-state index contributed by atoms with van der Waals surface area (Å²) in [6, 6.07) is 3.65. The molecule has 12 heteroatoms. The Hall–Kier alpha value is -4.35. The van der Waals surface area contributed by atoms with Gasteiger partial charge >= 0.3 is 6.03 Å². The number of aryl methyl sites for hydroxylation is 2. The fourth-order valence-corrected chi connectivity index (χ4v) is 4.71. The highest BCUT2D eigenvalue weighted by molar-refractivity contribution is 6.12. The average molecular weight is 526 g/mol. The van der Waals surface area contributed by atoms with Crippen molar-refractivity contribution in [3.63, 3.8) is 0 Å². The molecule has 0 radical (unpaired) electrons. The highest BCUT2D eigenvalue weighted by atomic mass is 19.1. The fourth-order valence-electron chi connectivity index (χ4n) is 4.71. The lowest BCUT2D eigenvalue weighted by Gasteiger charge is -2.46. The summed E-state index contributed by atoms with van der Waals surface area (Å²) in [5.41, 5.74) is 7.78. The SMILES string of the molecule is CCC(NC(=O)N1C(=O)[C@H](Cc2cc(C)nc(N)c2)[C@H]1C(=O)N(C)c1cnn(C)c1)c1ccc(F)cc1F. The number of likely N-dealkylation sites (N-methyl/N-ethyl adjacent to an activating group) is 1. The van der Waals surface area contributed by atoms with Gasteiger partial charge in [0.15, 0.2) is 0 Å². The van der Waals surface area contributed by atoms with Crippen molar-refractivity contribution in [2.75, 3.05) is 17.7 Å². The number of nitrogens with zero attached hydrogens (tertiary/aromatic N) is 5. The zero-order valence-corrected chi connectivity index (χ0v) is 21.5. The molecule has 2 aromatic heterocycles. The molecule has 3 N–H and O–H groups in total. The summed E-state index contributed by atoms with van der Waals surface area (Å²) in [5.74, 6) is -3.16. The Bertz CT molecular complexity index is 1370. The third-order valence-electron chi connectivity index (χ3n) is 6.63. The number of imide groups is 1. The maximum absolute atomic E-state index is 14.4. The number of benzene rings is 1. The zero-order chi connectivity index (χ0) is 27.7. The van der Waals surface area contributed by atoms with E-state index >= 15 is 0 Å². The van der Waals surface area contributed by atoms with E-state index in [1.165, 1.54) is 28.9 Å². The van der Waals surface area contributed by atoms with Crippen molar-refractivity contribution in [1.82, 2.24) is 25.0 Å². The van der Waals surface area contributed by atoms with E-state index in [0.717, 1.165) is 17.0 Å². The van der Waals surface area contributed by atoms with Crippen molar-refractivity contribution in [3.05, 3.63) is 71.2 Å². The first-order valence-corrected chi connectivity index (χ1v) is 12.1. The van der Waals surface area contributed by atoms with Gasteiger partial charge < -0.3 is 16.0 Å². The number of carbonyl (C=O) groups excluding carboxylic acids is 3. The van der Waals surface area contributed by atoms with Crippen molar-refractivity contribution in [2.45, 2.75) is 38.8 Å². The lowest BCUT2D eigenvalue weighted by Crippen LogP contribution is -2.70. The van der Waals surface area contributed by atoms with Crippen LogP contribution in [0.15, 0.2) is 42.7 Å². The lowest BCUT2D eigenvalue weighted by atomic mass is 9.81. The number of rotatable bonds is 7. The molecule has 10 nitrogen and oxygen atoms in total. The number of nitrogen functional groups attached to an aromatic ring is 1. The van der Waals surface area contributed by atoms with E-state index in [4.69, 9.17) is 5.73 Å². The molecule has 1 aromatic carbocycles. The predicted molar refractivity (Wildman–Crippen MR) is 136 cm³/mol. The zero-order valence-electron chi connectivity index (χ0n) is 21.5. The van der Waals surface area contributed by atoms with Crippen LogP contribution in [0.3, 0.4) is 0 Å². The monoisotopic (exact) mass is 525 g/mol. The quantitative estimate of drug-likeness (QED) is 0.457. The van der Waals surface area contributed by atoms with Crippen LogP contribution >= 0.6 is 0 Å². The molecular formula is C26H29F2N7O3. The van der Waals surface area contributed by atoms with Crippen LogP contribution in [0.25, 0.3) is 0 Å². The number of amides is 4. The van der Waals surface area contributed by atoms with E-state index in [-0.39, 0.29) is 24.2 Å². The molecule has 0 spiro atoms. The van der Waals surface area contributed by atoms with Gasteiger partial charge in [0.05, 0.1) is 23.8 Å². The molecule has 3 aromatic rings. The summed E-state index contributed by atoms with van der Waals surface area (Å²) >= 11 is 0. The topological polar surface area (TPSA) is 126 Å². The third-order valence-corrected chi connectivity index (χ3v) is 6.63. The summed E-state index contributed by atoms with van der Waals surface area (Å²) < 4.78 is 29.4. The fraction of sp³-hybridized carbons (Fsp3) is 0.346. The number of carbonyl (C=O) groups is 3. The Morgan fingerprint density at radius 3 is 2.58 bits per heavy atom. The Kier molecular flexibility index (Phi) is 7.42. The van der Waals surface area contributed by atoms with Crippen LogP contribution in [0.2, 0.25) is 0 Å². The largest absolute Gasteiger partial charge is 0.384 e. The van der Waals surface area contributed by atoms with Gasteiger partial charge in [0.1, 0.15) is 23.5 Å². The molecule has 0 bridgehead atoms. The molecular weight excluding hydrogens is 496 g/mol. The van der Waals surface area contributed by atoms with E-state index in [1.807, 2.05) is 0 Å². The molecule has 1 aliphatic heterocycles. The van der Waals surface area contributed by atoms with Crippen LogP contribution in [0.1, 0.15) is 36.2 Å². The highest BCUT2D eigenvalue weighted by Gasteiger charge is 2.55. The second-order valence-electron chi connectivity index (χ2n) is 9.35. The first kappa shape index (κ1) is 26.7. The minimum absolute atomic E-state index is 0.0739. The Balaban J connectivity index is 1.62. The van der Waals surface area contributed by atoms with E-state index in [0.29, 0.717) is 16.9 Å². The number of halogens is 2. The normalized spacial score (nSPS) is 17.6. The van der Waals surface area contributed by atoms with Gasteiger partial charge in [-0.2, -0.15) is 5.10 Å². The van der Waals surface area contributed by atoms with Crippen molar-refractivity contribution in [1.29, 1.82) is 0 Å². The Labute approximate surface area is 218 Å². The summed E-state index contributed by atoms with van der Waals surface area (Å²) in [7, 11) is 3.24. The van der Waals surface area contributed by atoms with E-state index in [9.17, 15) is 23.2 Å². The number of hydrogen-bond acceptors (Lipinski definition) is 6. The third kappa shape index (κ3) is 5.20. The maximum atomic E-state index is 14.4. The van der Waals surface area contributed by atoms with Crippen LogP contribution < -0.4 is 16.0 Å². The number of anilines is 2. The van der Waals surface area contributed by atoms with Crippen LogP contribution in [0, 0.1) is 24.5 Å². The summed E-state index contributed by atoms with van der Waals surface area (Å²) in [5, 5.41) is 6.71. The molecule has 3 heterocycles. The van der Waals surface area contributed by atoms with Crippen molar-refractivity contribution < 1.29 is 23.2 Å². The number of aromatic nitrogens is 3. The molecule has 1 unspecified atom stereocenters. The number of pyridine rings is 1. The lowest BCUT2D eigenvalue weighted by molar-refractivity contribution is -0.156. The minimum atomic E-state index is -1.13. The van der Waals surface area contributed by atoms with Gasteiger partial charge in [-0.1, -0.05) is 13.0 Å². The second kappa shape index (κ2) is 10.6. The van der Waals surface area contributed by atoms with Gasteiger partial charge in [-0.15, -0.1) is 0 Å². The standard InChI is InChI=1S/C26H29F2N7O3/c1-5-21(18-7-6-16(27)11-20(18)28)32-26(38)35-23(25(37)34(4)17-12-30-33(3)13-17)19(24(35)36)9-15-8-14(2)31-22(29)10-15/h6-8,10-13,19,21,23H,5,9H2,1-4H3,(H2,29,31)(H,32,38)/t19-,21?,23+/m1/s1. The summed E-state index contributed by atoms with van der Waals surface area (Å²) in [6.45, 7) is 3.48. The second-order valence-corrected chi connectivity index (χ2v) is 9.35. The molecule has 4 amide bonds. The van der Waals surface area contributed by atoms with Crippen molar-refractivity contribution in [3.8, 4) is 0 Å². The number of hydrogen-bond donors (Lipinski definition) is 2. The van der Waals surface area contributed by atoms with Gasteiger partial charge in [-0.3, -0.25) is 19.2 Å². The highest BCUT2D eigenvalue weighted by Crippen LogP contribution is 2.34. The van der Waals surface area contributed by atoms with Crippen molar-refractivity contribution >= 4 is 29.4 Å². The van der Waals surface area contributed by atoms with Crippen LogP contribution in [-0.4, -0.2) is 50.6 Å². The molecule has 1 fully saturated rings. The Morgan fingerprint density at radius 1 is 1.24 bits per heavy atom. The predicted octanol–water partition coefficient (Wildman–Crippen LogP) is 2.88. The number of likely N-dealkylation sites (tertiary alicyclic amines) is 1. The van der Waals surface area contributed by atoms with Gasteiger partial charge in [0.2, 0.25) is 5.91 Å². The smallest absolute Gasteiger partial charge is 0.325 e.